The van der Waals surface area contributed by atoms with Gasteiger partial charge in [-0.25, -0.2) is 4.79 Å². The molecule has 1 fully saturated rings. The molecule has 1 heterocycles. The summed E-state index contributed by atoms with van der Waals surface area (Å²) in [5.41, 5.74) is 4.43. The highest BCUT2D eigenvalue weighted by molar-refractivity contribution is 6.23. The second kappa shape index (κ2) is 6.51. The topological polar surface area (TPSA) is 59.2 Å². The molecule has 0 radical (unpaired) electrons. The van der Waals surface area contributed by atoms with E-state index in [-0.39, 0.29) is 11.8 Å². The third-order valence-corrected chi connectivity index (χ3v) is 5.47. The molecule has 4 nitrogen and oxygen atoms in total. The quantitative estimate of drug-likeness (QED) is 0.712. The predicted molar refractivity (Wildman–Crippen MR) is 95.9 cm³/mol. The molecule has 4 heteroatoms. The molecule has 0 saturated heterocycles. The van der Waals surface area contributed by atoms with E-state index >= 15 is 0 Å². The number of ketones is 1. The number of hydrogen-bond donors (Lipinski definition) is 1. The second-order valence-electron chi connectivity index (χ2n) is 7.03. The molecule has 0 aliphatic heterocycles. The average Bonchev–Trinajstić information content (AvgIpc) is 3.13. The van der Waals surface area contributed by atoms with Crippen molar-refractivity contribution in [2.24, 2.45) is 5.92 Å². The molecule has 2 aromatic rings. The van der Waals surface area contributed by atoms with E-state index in [1.165, 1.54) is 32.1 Å². The van der Waals surface area contributed by atoms with Gasteiger partial charge in [-0.1, -0.05) is 56.4 Å². The summed E-state index contributed by atoms with van der Waals surface area (Å²) < 4.78 is 5.24. The van der Waals surface area contributed by atoms with Gasteiger partial charge < -0.3 is 9.72 Å². The normalized spacial score (nSPS) is 16.6. The van der Waals surface area contributed by atoms with Crippen LogP contribution >= 0.6 is 0 Å². The Labute approximate surface area is 147 Å². The van der Waals surface area contributed by atoms with E-state index in [1.807, 2.05) is 24.3 Å². The maximum Gasteiger partial charge on any atom is 0.355 e. The first kappa shape index (κ1) is 16.1. The van der Waals surface area contributed by atoms with Gasteiger partial charge in [0.15, 0.2) is 5.78 Å². The van der Waals surface area contributed by atoms with Crippen LogP contribution in [0.4, 0.5) is 0 Å². The Morgan fingerprint density at radius 3 is 2.60 bits per heavy atom. The van der Waals surface area contributed by atoms with Gasteiger partial charge >= 0.3 is 5.97 Å². The van der Waals surface area contributed by atoms with Crippen LogP contribution in [-0.2, 0) is 11.2 Å². The number of esters is 1. The van der Waals surface area contributed by atoms with E-state index in [4.69, 9.17) is 4.74 Å². The SMILES string of the molecule is CCOC(=O)c1[nH]c2c(c1CC1CCCCC1)C(=O)c1ccccc1-2. The van der Waals surface area contributed by atoms with Crippen molar-refractivity contribution in [1.29, 1.82) is 0 Å². The van der Waals surface area contributed by atoms with E-state index in [1.54, 1.807) is 6.92 Å². The van der Waals surface area contributed by atoms with E-state index in [9.17, 15) is 9.59 Å². The number of nitrogens with one attached hydrogen (secondary N) is 1. The molecule has 1 N–H and O–H groups in total. The van der Waals surface area contributed by atoms with Crippen molar-refractivity contribution in [2.45, 2.75) is 45.4 Å². The fourth-order valence-corrected chi connectivity index (χ4v) is 4.29. The lowest BCUT2D eigenvalue weighted by Gasteiger charge is -2.22. The molecule has 0 spiro atoms. The standard InChI is InChI=1S/C21H23NO3/c1-2-25-21(24)19-16(12-13-8-4-3-5-9-13)17-18(22-19)14-10-6-7-11-15(14)20(17)23/h6-7,10-11,13,22H,2-5,8-9,12H2,1H3. The molecule has 0 bridgehead atoms. The maximum absolute atomic E-state index is 13.0. The number of ether oxygens (including phenoxy) is 1. The van der Waals surface area contributed by atoms with Gasteiger partial charge in [0.25, 0.3) is 0 Å². The van der Waals surface area contributed by atoms with Crippen LogP contribution < -0.4 is 0 Å². The zero-order chi connectivity index (χ0) is 17.4. The lowest BCUT2D eigenvalue weighted by Crippen LogP contribution is -2.15. The van der Waals surface area contributed by atoms with Crippen LogP contribution in [0.15, 0.2) is 24.3 Å². The van der Waals surface area contributed by atoms with E-state index in [0.717, 1.165) is 28.8 Å². The molecule has 1 aromatic heterocycles. The number of rotatable bonds is 4. The van der Waals surface area contributed by atoms with Crippen LogP contribution in [-0.4, -0.2) is 23.3 Å². The highest BCUT2D eigenvalue weighted by atomic mass is 16.5. The zero-order valence-electron chi connectivity index (χ0n) is 14.6. The minimum Gasteiger partial charge on any atom is -0.461 e. The van der Waals surface area contributed by atoms with E-state index < -0.39 is 0 Å². The lowest BCUT2D eigenvalue weighted by atomic mass is 9.83. The summed E-state index contributed by atoms with van der Waals surface area (Å²) in [7, 11) is 0. The van der Waals surface area contributed by atoms with Crippen LogP contribution in [0.2, 0.25) is 0 Å². The monoisotopic (exact) mass is 337 g/mol. The van der Waals surface area contributed by atoms with Gasteiger partial charge in [-0.2, -0.15) is 0 Å². The molecule has 4 rings (SSSR count). The summed E-state index contributed by atoms with van der Waals surface area (Å²) in [6, 6.07) is 7.61. The Morgan fingerprint density at radius 1 is 1.16 bits per heavy atom. The van der Waals surface area contributed by atoms with E-state index in [2.05, 4.69) is 4.98 Å². The molecule has 1 saturated carbocycles. The van der Waals surface area contributed by atoms with Crippen LogP contribution in [0.1, 0.15) is 71.0 Å². The Balaban J connectivity index is 1.79. The number of benzene rings is 1. The molecule has 0 unspecified atom stereocenters. The predicted octanol–water partition coefficient (Wildman–Crippen LogP) is 4.53. The summed E-state index contributed by atoms with van der Waals surface area (Å²) in [4.78, 5) is 28.7. The van der Waals surface area contributed by atoms with Gasteiger partial charge in [-0.3, -0.25) is 4.79 Å². The Kier molecular flexibility index (Phi) is 4.20. The smallest absolute Gasteiger partial charge is 0.355 e. The number of hydrogen-bond acceptors (Lipinski definition) is 3. The van der Waals surface area contributed by atoms with Gasteiger partial charge in [0.1, 0.15) is 5.69 Å². The number of carbonyl (C=O) groups excluding carboxylic acids is 2. The minimum atomic E-state index is -0.354. The summed E-state index contributed by atoms with van der Waals surface area (Å²) in [5, 5.41) is 0. The third-order valence-electron chi connectivity index (χ3n) is 5.47. The fourth-order valence-electron chi connectivity index (χ4n) is 4.29. The third kappa shape index (κ3) is 2.70. The Hall–Kier alpha value is -2.36. The van der Waals surface area contributed by atoms with Gasteiger partial charge in [0.2, 0.25) is 0 Å². The van der Waals surface area contributed by atoms with Crippen molar-refractivity contribution in [3.05, 3.63) is 46.6 Å². The van der Waals surface area contributed by atoms with Crippen LogP contribution in [0.3, 0.4) is 0 Å². The molecular weight excluding hydrogens is 314 g/mol. The lowest BCUT2D eigenvalue weighted by molar-refractivity contribution is 0.0518. The molecule has 2 aliphatic rings. The summed E-state index contributed by atoms with van der Waals surface area (Å²) in [6.07, 6.45) is 6.88. The maximum atomic E-state index is 13.0. The number of carbonyl (C=O) groups is 2. The van der Waals surface area contributed by atoms with Crippen molar-refractivity contribution >= 4 is 11.8 Å². The van der Waals surface area contributed by atoms with Crippen LogP contribution in [0, 0.1) is 5.92 Å². The molecule has 25 heavy (non-hydrogen) atoms. The fraction of sp³-hybridized carbons (Fsp3) is 0.429. The summed E-state index contributed by atoms with van der Waals surface area (Å²) in [5.74, 6) is 0.217. The van der Waals surface area contributed by atoms with Crippen molar-refractivity contribution in [3.8, 4) is 11.3 Å². The van der Waals surface area contributed by atoms with Gasteiger partial charge in [-0.05, 0) is 24.8 Å². The molecular formula is C21H23NO3. The largest absolute Gasteiger partial charge is 0.461 e. The highest BCUT2D eigenvalue weighted by Crippen LogP contribution is 2.41. The van der Waals surface area contributed by atoms with Crippen molar-refractivity contribution in [1.82, 2.24) is 4.98 Å². The number of aromatic amines is 1. The van der Waals surface area contributed by atoms with Gasteiger partial charge in [0.05, 0.1) is 17.9 Å². The second-order valence-corrected chi connectivity index (χ2v) is 7.03. The number of fused-ring (bicyclic) bond motifs is 3. The average molecular weight is 337 g/mol. The van der Waals surface area contributed by atoms with Crippen LogP contribution in [0.5, 0.6) is 0 Å². The van der Waals surface area contributed by atoms with Crippen molar-refractivity contribution in [2.75, 3.05) is 6.61 Å². The van der Waals surface area contributed by atoms with Crippen LogP contribution in [0.25, 0.3) is 11.3 Å². The molecule has 0 atom stereocenters. The first-order chi connectivity index (χ1) is 12.2. The highest BCUT2D eigenvalue weighted by Gasteiger charge is 2.35. The molecule has 1 aromatic carbocycles. The number of aromatic nitrogens is 1. The van der Waals surface area contributed by atoms with Gasteiger partial charge in [-0.15, -0.1) is 0 Å². The van der Waals surface area contributed by atoms with Gasteiger partial charge in [0, 0.05) is 11.1 Å². The Bertz CT molecular complexity index is 828. The first-order valence-corrected chi connectivity index (χ1v) is 9.26. The minimum absolute atomic E-state index is 0.0307. The molecule has 130 valence electrons. The summed E-state index contributed by atoms with van der Waals surface area (Å²) >= 11 is 0. The first-order valence-electron chi connectivity index (χ1n) is 9.26. The number of H-pyrrole nitrogens is 1. The van der Waals surface area contributed by atoms with Crippen molar-refractivity contribution in [3.63, 3.8) is 0 Å². The molecule has 0 amide bonds. The Morgan fingerprint density at radius 2 is 1.88 bits per heavy atom. The summed E-state index contributed by atoms with van der Waals surface area (Å²) in [6.45, 7) is 2.13. The van der Waals surface area contributed by atoms with E-state index in [0.29, 0.717) is 23.8 Å². The molecule has 2 aliphatic carbocycles. The zero-order valence-corrected chi connectivity index (χ0v) is 14.6. The van der Waals surface area contributed by atoms with Crippen molar-refractivity contribution < 1.29 is 14.3 Å².